The number of rotatable bonds is 7. The third-order valence-corrected chi connectivity index (χ3v) is 5.42. The van der Waals surface area contributed by atoms with Crippen molar-refractivity contribution in [2.45, 2.75) is 13.5 Å². The highest BCUT2D eigenvalue weighted by Gasteiger charge is 2.19. The summed E-state index contributed by atoms with van der Waals surface area (Å²) in [7, 11) is 3.03. The van der Waals surface area contributed by atoms with Gasteiger partial charge in [-0.15, -0.1) is 0 Å². The average Bonchev–Trinajstić information content (AvgIpc) is 3.17. The number of imidazole rings is 1. The van der Waals surface area contributed by atoms with Crippen molar-refractivity contribution in [3.05, 3.63) is 85.5 Å². The number of aromatic nitrogens is 4. The second-order valence-electron chi connectivity index (χ2n) is 7.40. The van der Waals surface area contributed by atoms with Gasteiger partial charge < -0.3 is 4.74 Å². The Balaban J connectivity index is 1.73. The molecule has 33 heavy (non-hydrogen) atoms. The predicted molar refractivity (Wildman–Crippen MR) is 130 cm³/mol. The van der Waals surface area contributed by atoms with Gasteiger partial charge in [0.15, 0.2) is 11.2 Å². The molecule has 4 rings (SSSR count). The van der Waals surface area contributed by atoms with Crippen LogP contribution >= 0.6 is 11.6 Å². The molecule has 10 heteroatoms. The Labute approximate surface area is 194 Å². The summed E-state index contributed by atoms with van der Waals surface area (Å²) >= 11 is 6.01. The number of nitrogens with zero attached hydrogens (tertiary/aromatic N) is 5. The fraction of sp³-hybridized carbons (Fsp3) is 0.217. The first-order valence-electron chi connectivity index (χ1n) is 10.3. The number of aryl methyl sites for hydroxylation is 1. The minimum absolute atomic E-state index is 0.274. The molecule has 2 aromatic carbocycles. The normalized spacial score (nSPS) is 11.4. The third kappa shape index (κ3) is 4.54. The van der Waals surface area contributed by atoms with E-state index in [0.717, 1.165) is 21.4 Å². The quantitative estimate of drug-likeness (QED) is 0.333. The van der Waals surface area contributed by atoms with E-state index in [1.807, 2.05) is 43.3 Å². The molecule has 0 saturated heterocycles. The SMILES string of the molecule is CCOc1ccc(C=NNc2nc3c(c(=O)n(C)c(=O)n3C)n2Cc2ccc(Cl)cc2)cc1. The highest BCUT2D eigenvalue weighted by Crippen LogP contribution is 2.19. The summed E-state index contributed by atoms with van der Waals surface area (Å²) in [5, 5.41) is 4.90. The van der Waals surface area contributed by atoms with E-state index < -0.39 is 11.2 Å². The van der Waals surface area contributed by atoms with Gasteiger partial charge in [-0.3, -0.25) is 18.5 Å². The van der Waals surface area contributed by atoms with Gasteiger partial charge in [0.1, 0.15) is 5.75 Å². The summed E-state index contributed by atoms with van der Waals surface area (Å²) in [6.07, 6.45) is 1.64. The predicted octanol–water partition coefficient (Wildman–Crippen LogP) is 2.98. The van der Waals surface area contributed by atoms with Crippen LogP contribution < -0.4 is 21.4 Å². The number of hydrogen-bond acceptors (Lipinski definition) is 6. The average molecular weight is 467 g/mol. The first kappa shape index (κ1) is 22.3. The smallest absolute Gasteiger partial charge is 0.332 e. The number of fused-ring (bicyclic) bond motifs is 1. The van der Waals surface area contributed by atoms with Gasteiger partial charge in [0, 0.05) is 19.1 Å². The zero-order valence-corrected chi connectivity index (χ0v) is 19.2. The number of hydrogen-bond donors (Lipinski definition) is 1. The monoisotopic (exact) mass is 466 g/mol. The first-order chi connectivity index (χ1) is 15.9. The lowest BCUT2D eigenvalue weighted by Gasteiger charge is -2.09. The summed E-state index contributed by atoms with van der Waals surface area (Å²) in [5.74, 6) is 1.12. The van der Waals surface area contributed by atoms with Crippen LogP contribution in [0.3, 0.4) is 0 Å². The van der Waals surface area contributed by atoms with E-state index in [-0.39, 0.29) is 5.65 Å². The van der Waals surface area contributed by atoms with Crippen LogP contribution in [0.25, 0.3) is 11.2 Å². The summed E-state index contributed by atoms with van der Waals surface area (Å²) in [4.78, 5) is 29.8. The van der Waals surface area contributed by atoms with Crippen LogP contribution in [0.1, 0.15) is 18.1 Å². The number of anilines is 1. The summed E-state index contributed by atoms with van der Waals surface area (Å²) in [6.45, 7) is 2.86. The van der Waals surface area contributed by atoms with Crippen molar-refractivity contribution in [2.75, 3.05) is 12.0 Å². The van der Waals surface area contributed by atoms with Gasteiger partial charge in [-0.2, -0.15) is 10.1 Å². The molecule has 0 radical (unpaired) electrons. The number of ether oxygens (including phenoxy) is 1. The standard InChI is InChI=1S/C23H23ClN6O3/c1-4-33-18-11-7-15(8-12-18)13-25-27-22-26-20-19(21(31)29(3)23(32)28(20)2)30(22)14-16-5-9-17(24)10-6-16/h5-13H,4,14H2,1-3H3,(H,26,27). The van der Waals surface area contributed by atoms with Gasteiger partial charge in [-0.1, -0.05) is 23.7 Å². The van der Waals surface area contributed by atoms with Crippen LogP contribution in [0.4, 0.5) is 5.95 Å². The molecular formula is C23H23ClN6O3. The van der Waals surface area contributed by atoms with Crippen LogP contribution in [0.15, 0.2) is 63.2 Å². The molecule has 170 valence electrons. The fourth-order valence-electron chi connectivity index (χ4n) is 3.44. The maximum Gasteiger partial charge on any atom is 0.332 e. The summed E-state index contributed by atoms with van der Waals surface area (Å²) in [5.41, 5.74) is 4.37. The Morgan fingerprint density at radius 2 is 1.76 bits per heavy atom. The van der Waals surface area contributed by atoms with Crippen molar-refractivity contribution in [1.29, 1.82) is 0 Å². The van der Waals surface area contributed by atoms with Crippen LogP contribution in [0.5, 0.6) is 5.75 Å². The molecule has 0 saturated carbocycles. The maximum absolute atomic E-state index is 12.9. The summed E-state index contributed by atoms with van der Waals surface area (Å²) < 4.78 is 9.56. The first-order valence-corrected chi connectivity index (χ1v) is 10.7. The summed E-state index contributed by atoms with van der Waals surface area (Å²) in [6, 6.07) is 14.8. The van der Waals surface area contributed by atoms with Crippen molar-refractivity contribution in [3.63, 3.8) is 0 Å². The molecular weight excluding hydrogens is 444 g/mol. The molecule has 0 atom stereocenters. The Morgan fingerprint density at radius 1 is 1.06 bits per heavy atom. The van der Waals surface area contributed by atoms with E-state index in [1.165, 1.54) is 11.6 Å². The zero-order chi connectivity index (χ0) is 23.5. The van der Waals surface area contributed by atoms with Gasteiger partial charge in [0.25, 0.3) is 5.56 Å². The molecule has 2 aromatic heterocycles. The Bertz CT molecular complexity index is 1430. The lowest BCUT2D eigenvalue weighted by atomic mass is 10.2. The topological polar surface area (TPSA) is 95.4 Å². The van der Waals surface area contributed by atoms with E-state index in [2.05, 4.69) is 15.5 Å². The molecule has 0 fully saturated rings. The number of hydrazone groups is 1. The highest BCUT2D eigenvalue weighted by molar-refractivity contribution is 6.30. The van der Waals surface area contributed by atoms with Crippen LogP contribution in [-0.4, -0.2) is 31.5 Å². The lowest BCUT2D eigenvalue weighted by molar-refractivity contribution is 0.340. The second kappa shape index (κ2) is 9.33. The highest BCUT2D eigenvalue weighted by atomic mass is 35.5. The maximum atomic E-state index is 12.9. The molecule has 0 aliphatic carbocycles. The minimum atomic E-state index is -0.451. The minimum Gasteiger partial charge on any atom is -0.494 e. The van der Waals surface area contributed by atoms with Gasteiger partial charge in [0.2, 0.25) is 5.95 Å². The van der Waals surface area contributed by atoms with Gasteiger partial charge in [-0.05, 0) is 54.4 Å². The Kier molecular flexibility index (Phi) is 6.32. The molecule has 0 aliphatic rings. The molecule has 0 amide bonds. The van der Waals surface area contributed by atoms with Crippen LogP contribution in [-0.2, 0) is 20.6 Å². The molecule has 0 spiro atoms. The van der Waals surface area contributed by atoms with Crippen molar-refractivity contribution in [1.82, 2.24) is 18.7 Å². The van der Waals surface area contributed by atoms with Crippen molar-refractivity contribution in [2.24, 2.45) is 19.2 Å². The van der Waals surface area contributed by atoms with Gasteiger partial charge >= 0.3 is 5.69 Å². The van der Waals surface area contributed by atoms with E-state index in [1.54, 1.807) is 30.0 Å². The molecule has 9 nitrogen and oxygen atoms in total. The molecule has 2 heterocycles. The molecule has 4 aromatic rings. The molecule has 0 bridgehead atoms. The van der Waals surface area contributed by atoms with E-state index in [9.17, 15) is 9.59 Å². The van der Waals surface area contributed by atoms with Crippen molar-refractivity contribution >= 4 is 34.9 Å². The van der Waals surface area contributed by atoms with E-state index in [4.69, 9.17) is 16.3 Å². The molecule has 0 unspecified atom stereocenters. The number of halogens is 1. The molecule has 0 aliphatic heterocycles. The Hall–Kier alpha value is -3.85. The number of benzene rings is 2. The largest absolute Gasteiger partial charge is 0.494 e. The number of nitrogens with one attached hydrogen (secondary N) is 1. The Morgan fingerprint density at radius 3 is 2.42 bits per heavy atom. The fourth-order valence-corrected chi connectivity index (χ4v) is 3.57. The molecule has 1 N–H and O–H groups in total. The lowest BCUT2D eigenvalue weighted by Crippen LogP contribution is -2.37. The third-order valence-electron chi connectivity index (χ3n) is 5.17. The zero-order valence-electron chi connectivity index (χ0n) is 18.4. The second-order valence-corrected chi connectivity index (χ2v) is 7.83. The van der Waals surface area contributed by atoms with Gasteiger partial charge in [-0.25, -0.2) is 10.2 Å². The van der Waals surface area contributed by atoms with Crippen molar-refractivity contribution in [3.8, 4) is 5.75 Å². The van der Waals surface area contributed by atoms with E-state index in [0.29, 0.717) is 29.6 Å². The van der Waals surface area contributed by atoms with Crippen molar-refractivity contribution < 1.29 is 4.74 Å². The van der Waals surface area contributed by atoms with Gasteiger partial charge in [0.05, 0.1) is 19.4 Å². The van der Waals surface area contributed by atoms with Crippen LogP contribution in [0.2, 0.25) is 5.02 Å². The van der Waals surface area contributed by atoms with Crippen LogP contribution in [0, 0.1) is 0 Å². The van der Waals surface area contributed by atoms with E-state index >= 15 is 0 Å².